The fourth-order valence-corrected chi connectivity index (χ4v) is 3.28. The predicted octanol–water partition coefficient (Wildman–Crippen LogP) is 4.00. The van der Waals surface area contributed by atoms with E-state index in [4.69, 9.17) is 9.47 Å². The topological polar surface area (TPSA) is 55.8 Å². The number of methoxy groups -OCH3 is 1. The lowest BCUT2D eigenvalue weighted by molar-refractivity contribution is -0.0188. The standard InChI is InChI=1S/C15H31O4P/c1-8-15(6,20(16)17)9-13(2,3)11-19-12-14(4,5)10-18-7/h8-12H2,1-7H3/p+1. The maximum absolute atomic E-state index is 11.5. The molecule has 0 heterocycles. The quantitative estimate of drug-likeness (QED) is 0.620. The highest BCUT2D eigenvalue weighted by atomic mass is 31.1. The normalized spacial score (nSPS) is 16.9. The van der Waals surface area contributed by atoms with Crippen molar-refractivity contribution in [1.82, 2.24) is 0 Å². The van der Waals surface area contributed by atoms with Gasteiger partial charge in [-0.15, -0.1) is 0 Å². The van der Waals surface area contributed by atoms with Crippen molar-refractivity contribution in [3.05, 3.63) is 0 Å². The van der Waals surface area contributed by atoms with Gasteiger partial charge in [0.05, 0.1) is 19.8 Å². The van der Waals surface area contributed by atoms with Crippen LogP contribution in [0.25, 0.3) is 0 Å². The third kappa shape index (κ3) is 7.12. The van der Waals surface area contributed by atoms with Gasteiger partial charge in [0.25, 0.3) is 0 Å². The molecule has 0 saturated heterocycles. The van der Waals surface area contributed by atoms with Crippen LogP contribution in [0, 0.1) is 10.8 Å². The van der Waals surface area contributed by atoms with Crippen molar-refractivity contribution in [2.45, 2.75) is 59.5 Å². The molecule has 0 aromatic rings. The zero-order valence-corrected chi connectivity index (χ0v) is 15.0. The lowest BCUT2D eigenvalue weighted by Gasteiger charge is -2.31. The summed E-state index contributed by atoms with van der Waals surface area (Å²) in [6.45, 7) is 14.1. The average Bonchev–Trinajstić information content (AvgIpc) is 2.27. The summed E-state index contributed by atoms with van der Waals surface area (Å²) in [7, 11) is -0.489. The van der Waals surface area contributed by atoms with Crippen LogP contribution in [0.15, 0.2) is 0 Å². The van der Waals surface area contributed by atoms with E-state index in [9.17, 15) is 9.46 Å². The van der Waals surface area contributed by atoms with Crippen LogP contribution in [0.2, 0.25) is 0 Å². The Bertz CT molecular complexity index is 315. The lowest BCUT2D eigenvalue weighted by Crippen LogP contribution is -2.33. The number of hydrogen-bond acceptors (Lipinski definition) is 3. The second-order valence-electron chi connectivity index (χ2n) is 7.55. The third-order valence-electron chi connectivity index (χ3n) is 3.60. The zero-order chi connectivity index (χ0) is 16.0. The van der Waals surface area contributed by atoms with E-state index in [1.165, 1.54) is 0 Å². The summed E-state index contributed by atoms with van der Waals surface area (Å²) >= 11 is 0. The van der Waals surface area contributed by atoms with Crippen molar-refractivity contribution in [1.29, 1.82) is 0 Å². The van der Waals surface area contributed by atoms with Crippen LogP contribution >= 0.6 is 8.03 Å². The Morgan fingerprint density at radius 3 is 1.90 bits per heavy atom. The molecule has 0 amide bonds. The zero-order valence-electron chi connectivity index (χ0n) is 14.2. The molecule has 0 radical (unpaired) electrons. The van der Waals surface area contributed by atoms with Crippen LogP contribution in [-0.4, -0.2) is 37.0 Å². The minimum atomic E-state index is -2.18. The van der Waals surface area contributed by atoms with Crippen LogP contribution in [-0.2, 0) is 14.0 Å². The Balaban J connectivity index is 4.43. The molecule has 0 bridgehead atoms. The van der Waals surface area contributed by atoms with E-state index in [1.807, 2.05) is 13.8 Å². The summed E-state index contributed by atoms with van der Waals surface area (Å²) in [5.41, 5.74) is -0.136. The Kier molecular flexibility index (Phi) is 7.83. The van der Waals surface area contributed by atoms with Crippen LogP contribution in [0.5, 0.6) is 0 Å². The van der Waals surface area contributed by atoms with Gasteiger partial charge in [-0.05, 0) is 23.3 Å². The molecule has 0 aromatic heterocycles. The molecule has 2 atom stereocenters. The predicted molar refractivity (Wildman–Crippen MR) is 83.4 cm³/mol. The molecule has 120 valence electrons. The molecular weight excluding hydrogens is 275 g/mol. The van der Waals surface area contributed by atoms with Crippen molar-refractivity contribution in [3.8, 4) is 0 Å². The Morgan fingerprint density at radius 2 is 1.50 bits per heavy atom. The van der Waals surface area contributed by atoms with Crippen molar-refractivity contribution in [3.63, 3.8) is 0 Å². The lowest BCUT2D eigenvalue weighted by atomic mass is 9.82. The maximum Gasteiger partial charge on any atom is 0.511 e. The van der Waals surface area contributed by atoms with E-state index in [0.29, 0.717) is 32.7 Å². The average molecular weight is 307 g/mol. The van der Waals surface area contributed by atoms with Crippen molar-refractivity contribution >= 4 is 8.03 Å². The van der Waals surface area contributed by atoms with E-state index in [0.717, 1.165) is 0 Å². The Hall–Kier alpha value is -0.0200. The Labute approximate surface area is 125 Å². The smallest absolute Gasteiger partial charge is 0.384 e. The molecule has 5 heteroatoms. The number of ether oxygens (including phenoxy) is 2. The molecule has 0 rings (SSSR count). The van der Waals surface area contributed by atoms with Gasteiger partial charge in [-0.25, -0.2) is 0 Å². The van der Waals surface area contributed by atoms with Crippen LogP contribution in [0.1, 0.15) is 54.4 Å². The molecule has 2 unspecified atom stereocenters. The first-order valence-corrected chi connectivity index (χ1v) is 8.42. The van der Waals surface area contributed by atoms with Crippen molar-refractivity contribution < 1.29 is 18.9 Å². The maximum atomic E-state index is 11.5. The van der Waals surface area contributed by atoms with Gasteiger partial charge >= 0.3 is 8.03 Å². The van der Waals surface area contributed by atoms with E-state index in [2.05, 4.69) is 27.7 Å². The second-order valence-corrected chi connectivity index (χ2v) is 9.18. The highest BCUT2D eigenvalue weighted by molar-refractivity contribution is 7.40. The van der Waals surface area contributed by atoms with E-state index < -0.39 is 13.2 Å². The van der Waals surface area contributed by atoms with Gasteiger partial charge in [0.2, 0.25) is 0 Å². The summed E-state index contributed by atoms with van der Waals surface area (Å²) in [5.74, 6) is 0. The summed E-state index contributed by atoms with van der Waals surface area (Å²) < 4.78 is 22.5. The fourth-order valence-electron chi connectivity index (χ4n) is 2.45. The molecule has 0 saturated carbocycles. The first-order chi connectivity index (χ1) is 8.98. The largest absolute Gasteiger partial charge is 0.511 e. The first kappa shape index (κ1) is 20.0. The molecule has 0 fully saturated rings. The van der Waals surface area contributed by atoms with Gasteiger partial charge in [0.1, 0.15) is 0 Å². The van der Waals surface area contributed by atoms with Crippen LogP contribution < -0.4 is 0 Å². The van der Waals surface area contributed by atoms with Gasteiger partial charge < -0.3 is 9.47 Å². The minimum absolute atomic E-state index is 0.0129. The SMILES string of the molecule is CCC(C)(CC(C)(C)COCC(C)(C)COC)[P+](=O)O. The van der Waals surface area contributed by atoms with Gasteiger partial charge in [0, 0.05) is 18.9 Å². The number of hydrogen-bond donors (Lipinski definition) is 1. The molecular formula is C15H32O4P+. The second kappa shape index (κ2) is 7.84. The van der Waals surface area contributed by atoms with E-state index in [1.54, 1.807) is 7.11 Å². The van der Waals surface area contributed by atoms with Gasteiger partial charge in [-0.3, -0.25) is 0 Å². The van der Waals surface area contributed by atoms with Gasteiger partial charge in [-0.2, -0.15) is 4.89 Å². The molecule has 0 aromatic carbocycles. The Morgan fingerprint density at radius 1 is 1.00 bits per heavy atom. The first-order valence-electron chi connectivity index (χ1n) is 7.21. The summed E-state index contributed by atoms with van der Waals surface area (Å²) in [5, 5.41) is -0.537. The molecule has 0 aliphatic carbocycles. The highest BCUT2D eigenvalue weighted by Crippen LogP contribution is 2.46. The van der Waals surface area contributed by atoms with Gasteiger partial charge in [-0.1, -0.05) is 34.6 Å². The molecule has 0 aliphatic rings. The van der Waals surface area contributed by atoms with Crippen LogP contribution in [0.3, 0.4) is 0 Å². The minimum Gasteiger partial charge on any atom is -0.384 e. The van der Waals surface area contributed by atoms with Crippen molar-refractivity contribution in [2.24, 2.45) is 10.8 Å². The van der Waals surface area contributed by atoms with Crippen LogP contribution in [0.4, 0.5) is 0 Å². The molecule has 1 N–H and O–H groups in total. The molecule has 0 spiro atoms. The van der Waals surface area contributed by atoms with E-state index >= 15 is 0 Å². The third-order valence-corrected chi connectivity index (χ3v) is 5.00. The molecule has 20 heavy (non-hydrogen) atoms. The monoisotopic (exact) mass is 307 g/mol. The summed E-state index contributed by atoms with van der Waals surface area (Å²) in [6.07, 6.45) is 1.37. The number of rotatable bonds is 10. The highest BCUT2D eigenvalue weighted by Gasteiger charge is 2.46. The molecule has 0 aliphatic heterocycles. The molecule has 4 nitrogen and oxygen atoms in total. The fraction of sp³-hybridized carbons (Fsp3) is 1.00. The summed E-state index contributed by atoms with van der Waals surface area (Å²) in [4.78, 5) is 9.51. The summed E-state index contributed by atoms with van der Waals surface area (Å²) in [6, 6.07) is 0. The van der Waals surface area contributed by atoms with Crippen molar-refractivity contribution in [2.75, 3.05) is 26.9 Å². The van der Waals surface area contributed by atoms with Gasteiger partial charge in [0.15, 0.2) is 5.16 Å². The van der Waals surface area contributed by atoms with E-state index in [-0.39, 0.29) is 10.8 Å².